The van der Waals surface area contributed by atoms with Gasteiger partial charge in [0.25, 0.3) is 0 Å². The van der Waals surface area contributed by atoms with E-state index in [9.17, 15) is 16.7 Å². The van der Waals surface area contributed by atoms with E-state index in [1.165, 1.54) is 7.11 Å². The van der Waals surface area contributed by atoms with E-state index in [1.54, 1.807) is 0 Å². The van der Waals surface area contributed by atoms with Gasteiger partial charge >= 0.3 is 10.2 Å². The third kappa shape index (κ3) is 3.13. The first-order valence-electron chi connectivity index (χ1n) is 3.91. The van der Waals surface area contributed by atoms with Gasteiger partial charge in [-0.25, -0.2) is 4.39 Å². The van der Waals surface area contributed by atoms with Crippen molar-refractivity contribution in [1.29, 1.82) is 0 Å². The number of ether oxygens (including phenoxy) is 2. The van der Waals surface area contributed by atoms with Crippen molar-refractivity contribution in [3.8, 4) is 5.75 Å². The maximum Gasteiger partial charge on any atom is 0.335 e. The second-order valence-corrected chi connectivity index (χ2v) is 4.93. The molecule has 0 N–H and O–H groups in total. The summed E-state index contributed by atoms with van der Waals surface area (Å²) in [7, 11) is -3.80. The molecule has 4 nitrogen and oxygen atoms in total. The summed E-state index contributed by atoms with van der Waals surface area (Å²) in [5.74, 6) is -1.70. The molecule has 0 heterocycles. The minimum atomic E-state index is -5.06. The first kappa shape index (κ1) is 13.3. The van der Waals surface area contributed by atoms with Crippen LogP contribution in [0.4, 0.5) is 8.28 Å². The Hall–Kier alpha value is -0.730. The summed E-state index contributed by atoms with van der Waals surface area (Å²) in [5, 5.41) is 0. The van der Waals surface area contributed by atoms with Crippen LogP contribution in [0.2, 0.25) is 0 Å². The molecule has 1 aromatic rings. The van der Waals surface area contributed by atoms with E-state index in [0.717, 1.165) is 12.1 Å². The molecular formula is C8H7BrF2O4S. The molecule has 0 bridgehead atoms. The summed E-state index contributed by atoms with van der Waals surface area (Å²) < 4.78 is 56.9. The molecule has 0 radical (unpaired) electrons. The smallest absolute Gasteiger partial charge is 0.335 e. The van der Waals surface area contributed by atoms with Crippen LogP contribution in [0, 0.1) is 5.82 Å². The fourth-order valence-corrected chi connectivity index (χ4v) is 2.20. The van der Waals surface area contributed by atoms with E-state index >= 15 is 0 Å². The number of halogens is 3. The van der Waals surface area contributed by atoms with Gasteiger partial charge in [0.05, 0.1) is 0 Å². The Bertz CT molecular complexity index is 489. The standard InChI is InChI=1S/C8H7BrF2O4S/c1-14-4-15-8-6(10)2-5(9)3-7(8)16(11,12)13/h2-3H,4H2,1H3. The van der Waals surface area contributed by atoms with Gasteiger partial charge in [0.2, 0.25) is 0 Å². The van der Waals surface area contributed by atoms with Crippen LogP contribution in [0.1, 0.15) is 0 Å². The van der Waals surface area contributed by atoms with Crippen LogP contribution in [-0.2, 0) is 15.0 Å². The van der Waals surface area contributed by atoms with E-state index < -0.39 is 26.7 Å². The van der Waals surface area contributed by atoms with Crippen LogP contribution in [0.3, 0.4) is 0 Å². The van der Waals surface area contributed by atoms with Crippen molar-refractivity contribution in [2.24, 2.45) is 0 Å². The van der Waals surface area contributed by atoms with E-state index in [2.05, 4.69) is 25.4 Å². The molecule has 0 amide bonds. The number of hydrogen-bond acceptors (Lipinski definition) is 4. The monoisotopic (exact) mass is 316 g/mol. The fraction of sp³-hybridized carbons (Fsp3) is 0.250. The quantitative estimate of drug-likeness (QED) is 0.631. The zero-order valence-corrected chi connectivity index (χ0v) is 10.4. The Labute approximate surface area is 99.5 Å². The molecule has 16 heavy (non-hydrogen) atoms. The number of benzene rings is 1. The van der Waals surface area contributed by atoms with E-state index in [-0.39, 0.29) is 11.3 Å². The lowest BCUT2D eigenvalue weighted by Crippen LogP contribution is -2.05. The summed E-state index contributed by atoms with van der Waals surface area (Å²) in [4.78, 5) is -0.878. The van der Waals surface area contributed by atoms with Crippen LogP contribution in [0.5, 0.6) is 5.75 Å². The lowest BCUT2D eigenvalue weighted by molar-refractivity contribution is 0.0459. The Kier molecular flexibility index (Phi) is 4.22. The van der Waals surface area contributed by atoms with Gasteiger partial charge in [0, 0.05) is 11.6 Å². The molecule has 0 aromatic heterocycles. The second-order valence-electron chi connectivity index (χ2n) is 2.70. The summed E-state index contributed by atoms with van der Waals surface area (Å²) >= 11 is 2.85. The van der Waals surface area contributed by atoms with E-state index in [0.29, 0.717) is 0 Å². The van der Waals surface area contributed by atoms with Crippen LogP contribution < -0.4 is 4.74 Å². The van der Waals surface area contributed by atoms with Gasteiger partial charge < -0.3 is 9.47 Å². The van der Waals surface area contributed by atoms with Gasteiger partial charge in [0.15, 0.2) is 18.4 Å². The molecule has 0 saturated carbocycles. The molecular weight excluding hydrogens is 310 g/mol. The molecule has 0 aliphatic carbocycles. The van der Waals surface area contributed by atoms with Crippen molar-refractivity contribution in [3.63, 3.8) is 0 Å². The highest BCUT2D eigenvalue weighted by molar-refractivity contribution is 9.10. The molecule has 0 aliphatic rings. The van der Waals surface area contributed by atoms with Crippen molar-refractivity contribution >= 4 is 26.2 Å². The van der Waals surface area contributed by atoms with E-state index in [1.807, 2.05) is 0 Å². The van der Waals surface area contributed by atoms with Crippen LogP contribution >= 0.6 is 15.9 Å². The summed E-state index contributed by atoms with van der Waals surface area (Å²) in [6, 6.07) is 1.86. The molecule has 1 rings (SSSR count). The fourth-order valence-electron chi connectivity index (χ4n) is 0.976. The van der Waals surface area contributed by atoms with Gasteiger partial charge in [-0.05, 0) is 12.1 Å². The van der Waals surface area contributed by atoms with Gasteiger partial charge in [-0.1, -0.05) is 15.9 Å². The normalized spacial score (nSPS) is 11.5. The third-order valence-corrected chi connectivity index (χ3v) is 2.84. The van der Waals surface area contributed by atoms with Gasteiger partial charge in [-0.2, -0.15) is 8.42 Å². The average Bonchev–Trinajstić information content (AvgIpc) is 2.14. The number of hydrogen-bond donors (Lipinski definition) is 0. The number of rotatable bonds is 4. The van der Waals surface area contributed by atoms with Crippen molar-refractivity contribution in [2.75, 3.05) is 13.9 Å². The first-order valence-corrected chi connectivity index (χ1v) is 6.09. The number of methoxy groups -OCH3 is 1. The van der Waals surface area contributed by atoms with Gasteiger partial charge in [0.1, 0.15) is 4.90 Å². The molecule has 0 saturated heterocycles. The summed E-state index contributed by atoms with van der Waals surface area (Å²) in [6.45, 7) is -0.388. The highest BCUT2D eigenvalue weighted by atomic mass is 79.9. The maximum atomic E-state index is 13.3. The minimum Gasteiger partial charge on any atom is -0.463 e. The summed E-state index contributed by atoms with van der Waals surface area (Å²) in [6.07, 6.45) is 0. The topological polar surface area (TPSA) is 52.6 Å². The predicted molar refractivity (Wildman–Crippen MR) is 54.9 cm³/mol. The van der Waals surface area contributed by atoms with Crippen molar-refractivity contribution in [2.45, 2.75) is 4.90 Å². The molecule has 1 aromatic carbocycles. The molecule has 0 fully saturated rings. The maximum absolute atomic E-state index is 13.3. The van der Waals surface area contributed by atoms with E-state index in [4.69, 9.17) is 0 Å². The molecule has 0 spiro atoms. The molecule has 0 atom stereocenters. The van der Waals surface area contributed by atoms with Crippen molar-refractivity contribution < 1.29 is 26.2 Å². The Balaban J connectivity index is 3.33. The lowest BCUT2D eigenvalue weighted by atomic mass is 10.3. The SMILES string of the molecule is COCOc1c(F)cc(Br)cc1S(=O)(=O)F. The Morgan fingerprint density at radius 3 is 2.56 bits per heavy atom. The summed E-state index contributed by atoms with van der Waals surface area (Å²) in [5.41, 5.74) is 0. The van der Waals surface area contributed by atoms with Gasteiger partial charge in [-0.3, -0.25) is 0 Å². The molecule has 0 aliphatic heterocycles. The molecule has 8 heteroatoms. The van der Waals surface area contributed by atoms with Gasteiger partial charge in [-0.15, -0.1) is 3.89 Å². The van der Waals surface area contributed by atoms with Crippen molar-refractivity contribution in [3.05, 3.63) is 22.4 Å². The Morgan fingerprint density at radius 1 is 1.44 bits per heavy atom. The zero-order valence-electron chi connectivity index (χ0n) is 8.04. The highest BCUT2D eigenvalue weighted by Gasteiger charge is 2.23. The minimum absolute atomic E-state index is 0.0889. The zero-order chi connectivity index (χ0) is 12.3. The van der Waals surface area contributed by atoms with Crippen LogP contribution in [0.25, 0.3) is 0 Å². The first-order chi connectivity index (χ1) is 7.36. The predicted octanol–water partition coefficient (Wildman–Crippen LogP) is 2.23. The Morgan fingerprint density at radius 2 is 2.06 bits per heavy atom. The second kappa shape index (κ2) is 5.07. The highest BCUT2D eigenvalue weighted by Crippen LogP contribution is 2.32. The van der Waals surface area contributed by atoms with Crippen LogP contribution in [-0.4, -0.2) is 22.3 Å². The lowest BCUT2D eigenvalue weighted by Gasteiger charge is -2.09. The third-order valence-electron chi connectivity index (χ3n) is 1.56. The average molecular weight is 317 g/mol. The molecule has 90 valence electrons. The van der Waals surface area contributed by atoms with Crippen LogP contribution in [0.15, 0.2) is 21.5 Å². The van der Waals surface area contributed by atoms with Crippen molar-refractivity contribution in [1.82, 2.24) is 0 Å². The largest absolute Gasteiger partial charge is 0.463 e. The molecule has 0 unspecified atom stereocenters.